The van der Waals surface area contributed by atoms with Crippen molar-refractivity contribution in [3.63, 3.8) is 0 Å². The summed E-state index contributed by atoms with van der Waals surface area (Å²) in [6.07, 6.45) is 0.462. The molecule has 1 aliphatic rings. The van der Waals surface area contributed by atoms with E-state index in [1.807, 2.05) is 6.07 Å². The number of ketones is 1. The number of halogens is 2. The Labute approximate surface area is 96.6 Å². The third-order valence-corrected chi connectivity index (χ3v) is 3.43. The Morgan fingerprint density at radius 2 is 1.60 bits per heavy atom. The van der Waals surface area contributed by atoms with E-state index in [-0.39, 0.29) is 5.78 Å². The summed E-state index contributed by atoms with van der Waals surface area (Å²) in [5.74, 6) is 0.147. The molecule has 0 fully saturated rings. The lowest BCUT2D eigenvalue weighted by atomic mass is 10.1. The molecule has 0 spiro atoms. The second kappa shape index (κ2) is 2.97. The largest absolute Gasteiger partial charge is 0.294 e. The molecule has 0 unspecified atom stereocenters. The van der Waals surface area contributed by atoms with Crippen LogP contribution in [-0.4, -0.2) is 5.78 Å². The molecule has 3 heteroatoms. The van der Waals surface area contributed by atoms with Gasteiger partial charge in [0, 0.05) is 27.4 Å². The van der Waals surface area contributed by atoms with Crippen molar-refractivity contribution < 1.29 is 4.79 Å². The summed E-state index contributed by atoms with van der Waals surface area (Å²) in [7, 11) is 0. The van der Waals surface area contributed by atoms with Crippen LogP contribution in [0.2, 0.25) is 10.0 Å². The molecule has 3 rings (SSSR count). The fourth-order valence-corrected chi connectivity index (χ4v) is 2.70. The van der Waals surface area contributed by atoms with Gasteiger partial charge in [-0.15, -0.1) is 0 Å². The summed E-state index contributed by atoms with van der Waals surface area (Å²) in [6, 6.07) is 7.21. The molecule has 74 valence electrons. The molecule has 0 aliphatic heterocycles. The standard InChI is InChI=1S/C12H6Cl2O/c13-8-3-1-6-5-10(15)7-2-4-9(14)12(8)11(6)7/h1-4H,5H2. The third kappa shape index (κ3) is 1.14. The maximum Gasteiger partial charge on any atom is 0.167 e. The zero-order valence-electron chi connectivity index (χ0n) is 7.68. The van der Waals surface area contributed by atoms with Gasteiger partial charge in [-0.3, -0.25) is 4.79 Å². The summed E-state index contributed by atoms with van der Waals surface area (Å²) in [4.78, 5) is 11.7. The van der Waals surface area contributed by atoms with E-state index in [0.717, 1.165) is 21.9 Å². The average Bonchev–Trinajstić information content (AvgIpc) is 2.52. The van der Waals surface area contributed by atoms with Crippen LogP contribution in [0, 0.1) is 0 Å². The minimum absolute atomic E-state index is 0.147. The first-order chi connectivity index (χ1) is 7.18. The van der Waals surface area contributed by atoms with E-state index in [1.165, 1.54) is 0 Å². The normalized spacial score (nSPS) is 13.9. The lowest BCUT2D eigenvalue weighted by Crippen LogP contribution is -1.93. The molecule has 1 nitrogen and oxygen atoms in total. The Hall–Kier alpha value is -1.05. The molecule has 0 bridgehead atoms. The molecule has 0 saturated heterocycles. The maximum absolute atomic E-state index is 11.7. The minimum atomic E-state index is 0.147. The van der Waals surface area contributed by atoms with Crippen LogP contribution in [-0.2, 0) is 6.42 Å². The number of rotatable bonds is 0. The number of hydrogen-bond acceptors (Lipinski definition) is 1. The first-order valence-corrected chi connectivity index (χ1v) is 5.37. The molecule has 1 aliphatic carbocycles. The second-order valence-corrected chi connectivity index (χ2v) is 4.47. The molecule has 0 aromatic heterocycles. The number of carbonyl (C=O) groups excluding carboxylic acids is 1. The van der Waals surface area contributed by atoms with Crippen LogP contribution in [0.3, 0.4) is 0 Å². The molecule has 0 heterocycles. The highest BCUT2D eigenvalue weighted by atomic mass is 35.5. The lowest BCUT2D eigenvalue weighted by molar-refractivity contribution is 0.1000. The molecule has 0 N–H and O–H groups in total. The van der Waals surface area contributed by atoms with Crippen LogP contribution in [0.25, 0.3) is 10.8 Å². The zero-order chi connectivity index (χ0) is 10.6. The van der Waals surface area contributed by atoms with E-state index in [2.05, 4.69) is 0 Å². The van der Waals surface area contributed by atoms with E-state index in [4.69, 9.17) is 23.2 Å². The van der Waals surface area contributed by atoms with E-state index >= 15 is 0 Å². The van der Waals surface area contributed by atoms with Gasteiger partial charge in [-0.2, -0.15) is 0 Å². The van der Waals surface area contributed by atoms with Gasteiger partial charge in [0.25, 0.3) is 0 Å². The van der Waals surface area contributed by atoms with Crippen molar-refractivity contribution in [1.82, 2.24) is 0 Å². The molecule has 0 radical (unpaired) electrons. The molecule has 0 atom stereocenters. The van der Waals surface area contributed by atoms with Crippen LogP contribution in [0.1, 0.15) is 15.9 Å². The summed E-state index contributed by atoms with van der Waals surface area (Å²) < 4.78 is 0. The van der Waals surface area contributed by atoms with Crippen molar-refractivity contribution in [2.24, 2.45) is 0 Å². The van der Waals surface area contributed by atoms with E-state index < -0.39 is 0 Å². The third-order valence-electron chi connectivity index (χ3n) is 2.80. The Morgan fingerprint density at radius 3 is 2.33 bits per heavy atom. The van der Waals surface area contributed by atoms with E-state index in [9.17, 15) is 4.79 Å². The first kappa shape index (κ1) is 9.20. The van der Waals surface area contributed by atoms with Gasteiger partial charge in [0.1, 0.15) is 0 Å². The van der Waals surface area contributed by atoms with Crippen molar-refractivity contribution in [2.45, 2.75) is 6.42 Å². The monoisotopic (exact) mass is 236 g/mol. The van der Waals surface area contributed by atoms with Gasteiger partial charge >= 0.3 is 0 Å². The Bertz CT molecular complexity index is 594. The van der Waals surface area contributed by atoms with Crippen LogP contribution < -0.4 is 0 Å². The van der Waals surface area contributed by atoms with Crippen molar-refractivity contribution in [3.8, 4) is 0 Å². The van der Waals surface area contributed by atoms with Gasteiger partial charge < -0.3 is 0 Å². The molecular formula is C12H6Cl2O. The van der Waals surface area contributed by atoms with Gasteiger partial charge in [0.2, 0.25) is 0 Å². The Balaban J connectivity index is 2.61. The van der Waals surface area contributed by atoms with Crippen molar-refractivity contribution in [3.05, 3.63) is 45.4 Å². The minimum Gasteiger partial charge on any atom is -0.294 e. The topological polar surface area (TPSA) is 17.1 Å². The fraction of sp³-hybridized carbons (Fsp3) is 0.0833. The van der Waals surface area contributed by atoms with Crippen molar-refractivity contribution >= 4 is 39.8 Å². The molecule has 15 heavy (non-hydrogen) atoms. The maximum atomic E-state index is 11.7. The first-order valence-electron chi connectivity index (χ1n) is 4.61. The van der Waals surface area contributed by atoms with Gasteiger partial charge in [-0.05, 0) is 29.1 Å². The van der Waals surface area contributed by atoms with Crippen LogP contribution >= 0.6 is 23.2 Å². The molecular weight excluding hydrogens is 231 g/mol. The second-order valence-electron chi connectivity index (χ2n) is 3.65. The predicted molar refractivity (Wildman–Crippen MR) is 62.0 cm³/mol. The highest BCUT2D eigenvalue weighted by Crippen LogP contribution is 2.38. The Kier molecular flexibility index (Phi) is 1.82. The summed E-state index contributed by atoms with van der Waals surface area (Å²) in [6.45, 7) is 0. The average molecular weight is 237 g/mol. The van der Waals surface area contributed by atoms with Crippen molar-refractivity contribution in [1.29, 1.82) is 0 Å². The predicted octanol–water partition coefficient (Wildman–Crippen LogP) is 3.89. The smallest absolute Gasteiger partial charge is 0.167 e. The lowest BCUT2D eigenvalue weighted by Gasteiger charge is -2.04. The summed E-state index contributed by atoms with van der Waals surface area (Å²) in [5.41, 5.74) is 1.77. The molecule has 0 amide bonds. The van der Waals surface area contributed by atoms with Gasteiger partial charge in [-0.1, -0.05) is 29.3 Å². The highest BCUT2D eigenvalue weighted by Gasteiger charge is 2.23. The van der Waals surface area contributed by atoms with Gasteiger partial charge in [0.05, 0.1) is 0 Å². The number of Topliss-reactive ketones (excluding diaryl/α,β-unsaturated/α-hetero) is 1. The van der Waals surface area contributed by atoms with Gasteiger partial charge in [0.15, 0.2) is 5.78 Å². The zero-order valence-corrected chi connectivity index (χ0v) is 9.19. The number of benzene rings is 2. The summed E-state index contributed by atoms with van der Waals surface area (Å²) >= 11 is 12.2. The van der Waals surface area contributed by atoms with Crippen LogP contribution in [0.5, 0.6) is 0 Å². The Morgan fingerprint density at radius 1 is 0.933 bits per heavy atom. The van der Waals surface area contributed by atoms with Crippen LogP contribution in [0.15, 0.2) is 24.3 Å². The van der Waals surface area contributed by atoms with Crippen LogP contribution in [0.4, 0.5) is 0 Å². The summed E-state index contributed by atoms with van der Waals surface area (Å²) in [5, 5.41) is 2.95. The molecule has 2 aromatic rings. The molecule has 0 saturated carbocycles. The number of carbonyl (C=O) groups is 1. The van der Waals surface area contributed by atoms with E-state index in [1.54, 1.807) is 18.2 Å². The van der Waals surface area contributed by atoms with Crippen molar-refractivity contribution in [2.75, 3.05) is 0 Å². The SMILES string of the molecule is O=C1Cc2ccc(Cl)c3c(Cl)ccc1c23. The van der Waals surface area contributed by atoms with Gasteiger partial charge in [-0.25, -0.2) is 0 Å². The fourth-order valence-electron chi connectivity index (χ4n) is 2.13. The number of hydrogen-bond donors (Lipinski definition) is 0. The quantitative estimate of drug-likeness (QED) is 0.679. The van der Waals surface area contributed by atoms with E-state index in [0.29, 0.717) is 16.5 Å². The molecule has 2 aromatic carbocycles. The highest BCUT2D eigenvalue weighted by molar-refractivity contribution is 6.43.